The average molecular weight is 735 g/mol. The zero-order valence-corrected chi connectivity index (χ0v) is 29.4. The van der Waals surface area contributed by atoms with Gasteiger partial charge in [-0.15, -0.1) is 0 Å². The molecule has 2 aliphatic heterocycles. The lowest BCUT2D eigenvalue weighted by Gasteiger charge is -2.17. The average Bonchev–Trinajstić information content (AvgIpc) is 3.79. The van der Waals surface area contributed by atoms with Gasteiger partial charge in [-0.1, -0.05) is 61.7 Å². The fraction of sp³-hybridized carbons (Fsp3) is 0.286. The number of ether oxygens (including phenoxy) is 6. The third-order valence-electron chi connectivity index (χ3n) is 9.20. The Labute approximate surface area is 310 Å². The molecule has 2 heterocycles. The van der Waals surface area contributed by atoms with Crippen LogP contribution in [0, 0.1) is 0 Å². The fourth-order valence-electron chi connectivity index (χ4n) is 6.26. The minimum absolute atomic E-state index is 0.0826. The first-order chi connectivity index (χ1) is 26.1. The van der Waals surface area contributed by atoms with E-state index in [0.717, 1.165) is 44.8 Å². The smallest absolute Gasteiger partial charge is 0.338 e. The van der Waals surface area contributed by atoms with Gasteiger partial charge in [0.05, 0.1) is 24.3 Å². The van der Waals surface area contributed by atoms with Crippen LogP contribution in [-0.2, 0) is 60.4 Å². The predicted molar refractivity (Wildman–Crippen MR) is 195 cm³/mol. The molecule has 0 aliphatic carbocycles. The van der Waals surface area contributed by atoms with Crippen LogP contribution in [0.15, 0.2) is 98.1 Å². The molecule has 2 fully saturated rings. The number of hydrogen-bond donors (Lipinski definition) is 0. The van der Waals surface area contributed by atoms with E-state index in [1.54, 1.807) is 36.4 Å². The van der Waals surface area contributed by atoms with E-state index in [0.29, 0.717) is 24.0 Å². The first kappa shape index (κ1) is 37.8. The van der Waals surface area contributed by atoms with E-state index >= 15 is 0 Å². The Morgan fingerprint density at radius 3 is 1.37 bits per heavy atom. The number of carbonyl (C=O) groups excluding carboxylic acids is 6. The standard InChI is InChI=1S/C42H38O12/c1-3-33(43)21-49-37(45)15-7-25-5-9-29-19-31(13-11-27(29)17-25)41(47)53-35-23-51-40-36(24-52-39(35)40)54-42(48)32-14-12-28-18-26(6-10-30(28)20-32)8-16-38(46)50-22-34(44)4-2/h3-6,9-14,17-20,35-36,39-40H,1-2,7-8,15-16,21-24H2/t35-,36+,39?,40?. The minimum Gasteiger partial charge on any atom is -0.457 e. The number of esters is 4. The third kappa shape index (κ3) is 9.32. The maximum atomic E-state index is 13.2. The molecule has 2 aliphatic rings. The maximum absolute atomic E-state index is 13.2. The van der Waals surface area contributed by atoms with Gasteiger partial charge in [-0.2, -0.15) is 0 Å². The van der Waals surface area contributed by atoms with Crippen LogP contribution < -0.4 is 0 Å². The first-order valence-corrected chi connectivity index (χ1v) is 17.4. The zero-order valence-electron chi connectivity index (χ0n) is 29.4. The van der Waals surface area contributed by atoms with Crippen LogP contribution in [0.3, 0.4) is 0 Å². The van der Waals surface area contributed by atoms with Crippen LogP contribution in [0.2, 0.25) is 0 Å². The van der Waals surface area contributed by atoms with Gasteiger partial charge in [-0.3, -0.25) is 19.2 Å². The number of rotatable bonds is 16. The Hall–Kier alpha value is -5.98. The van der Waals surface area contributed by atoms with Crippen molar-refractivity contribution in [2.75, 3.05) is 26.4 Å². The summed E-state index contributed by atoms with van der Waals surface area (Å²) in [7, 11) is 0. The fourth-order valence-corrected chi connectivity index (χ4v) is 6.26. The van der Waals surface area contributed by atoms with Crippen LogP contribution >= 0.6 is 0 Å². The molecule has 4 aromatic rings. The van der Waals surface area contributed by atoms with E-state index in [2.05, 4.69) is 13.2 Å². The van der Waals surface area contributed by atoms with Gasteiger partial charge in [0.2, 0.25) is 0 Å². The lowest BCUT2D eigenvalue weighted by molar-refractivity contribution is -0.147. The van der Waals surface area contributed by atoms with Gasteiger partial charge in [-0.05, 0) is 81.9 Å². The molecular weight excluding hydrogens is 696 g/mol. The summed E-state index contributed by atoms with van der Waals surface area (Å²) in [5.41, 5.74) is 2.49. The van der Waals surface area contributed by atoms with Crippen molar-refractivity contribution in [3.63, 3.8) is 0 Å². The van der Waals surface area contributed by atoms with Crippen molar-refractivity contribution >= 4 is 57.0 Å². The molecule has 12 heteroatoms. The van der Waals surface area contributed by atoms with Gasteiger partial charge in [-0.25, -0.2) is 9.59 Å². The molecule has 278 valence electrons. The van der Waals surface area contributed by atoms with E-state index in [4.69, 9.17) is 28.4 Å². The van der Waals surface area contributed by atoms with Crippen molar-refractivity contribution in [1.82, 2.24) is 0 Å². The number of fused-ring (bicyclic) bond motifs is 3. The van der Waals surface area contributed by atoms with E-state index in [1.807, 2.05) is 36.4 Å². The summed E-state index contributed by atoms with van der Waals surface area (Å²) >= 11 is 0. The second kappa shape index (κ2) is 17.2. The Balaban J connectivity index is 0.987. The SMILES string of the molecule is C=CC(=O)COC(=O)CCc1ccc2cc(C(=O)O[C@H]3COC4C3OC[C@H]4OC(=O)c3ccc4cc(CCC(=O)OCC(=O)C=C)ccc4c3)ccc2c1. The molecule has 0 aromatic heterocycles. The van der Waals surface area contributed by atoms with Gasteiger partial charge in [0.1, 0.15) is 12.2 Å². The van der Waals surface area contributed by atoms with Gasteiger partial charge < -0.3 is 28.4 Å². The van der Waals surface area contributed by atoms with Crippen LogP contribution in [0.4, 0.5) is 0 Å². The number of hydrogen-bond acceptors (Lipinski definition) is 12. The molecule has 2 unspecified atom stereocenters. The normalized spacial score (nSPS) is 18.7. The molecule has 12 nitrogen and oxygen atoms in total. The summed E-state index contributed by atoms with van der Waals surface area (Å²) < 4.78 is 33.3. The highest BCUT2D eigenvalue weighted by molar-refractivity contribution is 5.97. The van der Waals surface area contributed by atoms with Gasteiger partial charge in [0.25, 0.3) is 0 Å². The van der Waals surface area contributed by atoms with Gasteiger partial charge >= 0.3 is 23.9 Å². The lowest BCUT2D eigenvalue weighted by atomic mass is 10.0. The van der Waals surface area contributed by atoms with E-state index in [-0.39, 0.29) is 50.8 Å². The monoisotopic (exact) mass is 734 g/mol. The zero-order chi connectivity index (χ0) is 38.2. The van der Waals surface area contributed by atoms with E-state index < -0.39 is 48.3 Å². The lowest BCUT2D eigenvalue weighted by Crippen LogP contribution is -2.36. The molecular formula is C42H38O12. The highest BCUT2D eigenvalue weighted by Crippen LogP contribution is 2.32. The Morgan fingerprint density at radius 1 is 0.574 bits per heavy atom. The van der Waals surface area contributed by atoms with Crippen LogP contribution in [0.25, 0.3) is 21.5 Å². The van der Waals surface area contributed by atoms with Crippen molar-refractivity contribution in [2.45, 2.75) is 50.1 Å². The molecule has 54 heavy (non-hydrogen) atoms. The molecule has 0 N–H and O–H groups in total. The van der Waals surface area contributed by atoms with Crippen molar-refractivity contribution < 1.29 is 57.2 Å². The summed E-state index contributed by atoms with van der Waals surface area (Å²) in [5, 5.41) is 3.36. The van der Waals surface area contributed by atoms with Gasteiger partial charge in [0, 0.05) is 12.8 Å². The summed E-state index contributed by atoms with van der Waals surface area (Å²) in [6, 6.07) is 21.6. The number of carbonyl (C=O) groups is 6. The summed E-state index contributed by atoms with van der Waals surface area (Å²) in [6.07, 6.45) is 0.695. The highest BCUT2D eigenvalue weighted by Gasteiger charge is 2.51. The van der Waals surface area contributed by atoms with Crippen LogP contribution in [0.1, 0.15) is 44.7 Å². The van der Waals surface area contributed by atoms with Gasteiger partial charge in [0.15, 0.2) is 37.0 Å². The molecule has 4 aromatic carbocycles. The van der Waals surface area contributed by atoms with Crippen LogP contribution in [-0.4, -0.2) is 86.3 Å². The summed E-state index contributed by atoms with van der Waals surface area (Å²) in [6.45, 7) is 6.22. The molecule has 0 saturated carbocycles. The predicted octanol–water partition coefficient (Wildman–Crippen LogP) is 5.00. The Morgan fingerprint density at radius 2 is 0.963 bits per heavy atom. The maximum Gasteiger partial charge on any atom is 0.338 e. The number of ketones is 2. The molecule has 0 bridgehead atoms. The van der Waals surface area contributed by atoms with Crippen molar-refractivity contribution in [2.24, 2.45) is 0 Å². The summed E-state index contributed by atoms with van der Waals surface area (Å²) in [5.74, 6) is -2.77. The number of aryl methyl sites for hydroxylation is 2. The second-order valence-corrected chi connectivity index (χ2v) is 12.9. The minimum atomic E-state index is -0.697. The molecule has 0 amide bonds. The molecule has 0 spiro atoms. The molecule has 2 saturated heterocycles. The topological polar surface area (TPSA) is 158 Å². The molecule has 6 rings (SSSR count). The Bertz CT molecular complexity index is 1980. The summed E-state index contributed by atoms with van der Waals surface area (Å²) in [4.78, 5) is 72.8. The van der Waals surface area contributed by atoms with Crippen LogP contribution in [0.5, 0.6) is 0 Å². The van der Waals surface area contributed by atoms with Crippen molar-refractivity contribution in [3.8, 4) is 0 Å². The highest BCUT2D eigenvalue weighted by atomic mass is 16.7. The first-order valence-electron chi connectivity index (χ1n) is 17.4. The van der Waals surface area contributed by atoms with E-state index in [1.165, 1.54) is 0 Å². The van der Waals surface area contributed by atoms with Crippen molar-refractivity contribution in [1.29, 1.82) is 0 Å². The largest absolute Gasteiger partial charge is 0.457 e. The molecule has 4 atom stereocenters. The second-order valence-electron chi connectivity index (χ2n) is 12.9. The third-order valence-corrected chi connectivity index (χ3v) is 9.20. The van der Waals surface area contributed by atoms with Crippen molar-refractivity contribution in [3.05, 3.63) is 120 Å². The quantitative estimate of drug-likeness (QED) is 0.0863. The Kier molecular flexibility index (Phi) is 12.1. The molecule has 0 radical (unpaired) electrons. The van der Waals surface area contributed by atoms with E-state index in [9.17, 15) is 28.8 Å². The number of benzene rings is 4.